The molecule has 0 bridgehead atoms. The molecule has 3 aromatic carbocycles. The number of hydrogen-bond acceptors (Lipinski definition) is 6. The first-order chi connectivity index (χ1) is 20.6. The van der Waals surface area contributed by atoms with E-state index in [-0.39, 0.29) is 36.4 Å². The van der Waals surface area contributed by atoms with E-state index >= 15 is 0 Å². The fourth-order valence-corrected chi connectivity index (χ4v) is 6.41. The third kappa shape index (κ3) is 8.73. The van der Waals surface area contributed by atoms with Crippen molar-refractivity contribution in [3.05, 3.63) is 88.4 Å². The molecule has 4 rings (SSSR count). The summed E-state index contributed by atoms with van der Waals surface area (Å²) in [6.07, 6.45) is 5.18. The SMILES string of the molecule is COc1ccc(N(CC(=O)N(Cc2ccc(Br)cc2)[C@@H](Cc2ccccc2)C(=O)NC2CCCC2)S(C)(=O)=O)c(OC)c1. The fraction of sp³-hybridized carbons (Fsp3) is 0.375. The highest BCUT2D eigenvalue weighted by Crippen LogP contribution is 2.34. The van der Waals surface area contributed by atoms with Crippen LogP contribution in [0.5, 0.6) is 11.5 Å². The van der Waals surface area contributed by atoms with Crippen molar-refractivity contribution < 1.29 is 27.5 Å². The summed E-state index contributed by atoms with van der Waals surface area (Å²) < 4.78 is 38.9. The predicted octanol–water partition coefficient (Wildman–Crippen LogP) is 4.93. The third-order valence-corrected chi connectivity index (χ3v) is 9.23. The van der Waals surface area contributed by atoms with Gasteiger partial charge in [-0.3, -0.25) is 13.9 Å². The van der Waals surface area contributed by atoms with Crippen LogP contribution in [0.1, 0.15) is 36.8 Å². The summed E-state index contributed by atoms with van der Waals surface area (Å²) in [4.78, 5) is 29.7. The summed E-state index contributed by atoms with van der Waals surface area (Å²) in [5.74, 6) is -0.0662. The second-order valence-electron chi connectivity index (χ2n) is 10.7. The molecule has 230 valence electrons. The molecule has 0 heterocycles. The predicted molar refractivity (Wildman–Crippen MR) is 171 cm³/mol. The smallest absolute Gasteiger partial charge is 0.244 e. The van der Waals surface area contributed by atoms with Crippen LogP contribution in [0.4, 0.5) is 5.69 Å². The van der Waals surface area contributed by atoms with E-state index in [4.69, 9.17) is 9.47 Å². The van der Waals surface area contributed by atoms with Gasteiger partial charge in [0.05, 0.1) is 26.2 Å². The number of halogens is 1. The van der Waals surface area contributed by atoms with Crippen molar-refractivity contribution in [1.82, 2.24) is 10.2 Å². The van der Waals surface area contributed by atoms with Crippen LogP contribution in [-0.4, -0.2) is 64.2 Å². The van der Waals surface area contributed by atoms with Crippen LogP contribution in [0.25, 0.3) is 0 Å². The molecule has 1 N–H and O–H groups in total. The Morgan fingerprint density at radius 3 is 2.23 bits per heavy atom. The number of ether oxygens (including phenoxy) is 2. The van der Waals surface area contributed by atoms with Gasteiger partial charge in [-0.15, -0.1) is 0 Å². The molecule has 1 atom stereocenters. The van der Waals surface area contributed by atoms with Gasteiger partial charge in [-0.1, -0.05) is 71.2 Å². The first-order valence-corrected chi connectivity index (χ1v) is 16.8. The Hall–Kier alpha value is -3.57. The third-order valence-electron chi connectivity index (χ3n) is 7.57. The fourth-order valence-electron chi connectivity index (χ4n) is 5.29. The molecule has 0 saturated heterocycles. The molecule has 0 unspecified atom stereocenters. The number of amides is 2. The van der Waals surface area contributed by atoms with Gasteiger partial charge in [-0.25, -0.2) is 8.42 Å². The Morgan fingerprint density at radius 1 is 0.953 bits per heavy atom. The number of benzene rings is 3. The minimum absolute atomic E-state index is 0.0477. The number of methoxy groups -OCH3 is 2. The molecule has 1 aliphatic carbocycles. The number of hydrogen-bond donors (Lipinski definition) is 1. The molecular formula is C32H38BrN3O6S. The lowest BCUT2D eigenvalue weighted by Crippen LogP contribution is -2.54. The molecule has 11 heteroatoms. The lowest BCUT2D eigenvalue weighted by molar-refractivity contribution is -0.140. The molecule has 1 saturated carbocycles. The van der Waals surface area contributed by atoms with Gasteiger partial charge < -0.3 is 19.7 Å². The van der Waals surface area contributed by atoms with Crippen molar-refractivity contribution in [1.29, 1.82) is 0 Å². The molecule has 0 radical (unpaired) electrons. The number of sulfonamides is 1. The highest BCUT2D eigenvalue weighted by molar-refractivity contribution is 9.10. The summed E-state index contributed by atoms with van der Waals surface area (Å²) in [6, 6.07) is 20.9. The lowest BCUT2D eigenvalue weighted by Gasteiger charge is -2.34. The average Bonchev–Trinajstić information content (AvgIpc) is 3.51. The highest BCUT2D eigenvalue weighted by Gasteiger charge is 2.35. The first kappa shape index (κ1) is 32.3. The number of carbonyl (C=O) groups excluding carboxylic acids is 2. The van der Waals surface area contributed by atoms with Gasteiger partial charge in [-0.05, 0) is 48.2 Å². The highest BCUT2D eigenvalue weighted by atomic mass is 79.9. The second-order valence-corrected chi connectivity index (χ2v) is 13.5. The van der Waals surface area contributed by atoms with Gasteiger partial charge in [0.1, 0.15) is 24.1 Å². The summed E-state index contributed by atoms with van der Waals surface area (Å²) in [7, 11) is -1.03. The maximum Gasteiger partial charge on any atom is 0.244 e. The molecular weight excluding hydrogens is 634 g/mol. The zero-order valence-electron chi connectivity index (χ0n) is 24.7. The van der Waals surface area contributed by atoms with Crippen LogP contribution < -0.4 is 19.1 Å². The van der Waals surface area contributed by atoms with Gasteiger partial charge >= 0.3 is 0 Å². The molecule has 2 amide bonds. The Morgan fingerprint density at radius 2 is 1.63 bits per heavy atom. The van der Waals surface area contributed by atoms with Gasteiger partial charge in [0, 0.05) is 29.5 Å². The second kappa shape index (κ2) is 14.7. The van der Waals surface area contributed by atoms with E-state index < -0.39 is 28.5 Å². The van der Waals surface area contributed by atoms with E-state index in [1.54, 1.807) is 18.2 Å². The number of rotatable bonds is 13. The van der Waals surface area contributed by atoms with Crippen molar-refractivity contribution in [2.45, 2.75) is 50.7 Å². The Kier molecular flexibility index (Phi) is 11.1. The molecule has 0 aromatic heterocycles. The van der Waals surface area contributed by atoms with E-state index in [1.807, 2.05) is 54.6 Å². The Balaban J connectivity index is 1.74. The maximum absolute atomic E-state index is 14.3. The quantitative estimate of drug-likeness (QED) is 0.276. The minimum atomic E-state index is -3.94. The Bertz CT molecular complexity index is 1500. The molecule has 43 heavy (non-hydrogen) atoms. The maximum atomic E-state index is 14.3. The van der Waals surface area contributed by atoms with Crippen molar-refractivity contribution in [2.75, 3.05) is 31.3 Å². The topological polar surface area (TPSA) is 105 Å². The molecule has 9 nitrogen and oxygen atoms in total. The summed E-state index contributed by atoms with van der Waals surface area (Å²) in [5.41, 5.74) is 1.88. The van der Waals surface area contributed by atoms with Gasteiger partial charge in [0.15, 0.2) is 0 Å². The van der Waals surface area contributed by atoms with Crippen LogP contribution in [0.3, 0.4) is 0 Å². The van der Waals surface area contributed by atoms with E-state index in [0.29, 0.717) is 5.75 Å². The van der Waals surface area contributed by atoms with E-state index in [0.717, 1.165) is 51.8 Å². The van der Waals surface area contributed by atoms with Gasteiger partial charge in [0.2, 0.25) is 21.8 Å². The first-order valence-electron chi connectivity index (χ1n) is 14.2. The van der Waals surface area contributed by atoms with Crippen LogP contribution in [0.2, 0.25) is 0 Å². The van der Waals surface area contributed by atoms with Crippen molar-refractivity contribution in [2.24, 2.45) is 0 Å². The monoisotopic (exact) mass is 671 g/mol. The van der Waals surface area contributed by atoms with Crippen molar-refractivity contribution >= 4 is 43.5 Å². The normalized spacial score (nSPS) is 14.1. The van der Waals surface area contributed by atoms with Crippen LogP contribution in [-0.2, 0) is 32.6 Å². The molecule has 3 aromatic rings. The molecule has 1 aliphatic rings. The number of carbonyl (C=O) groups is 2. The van der Waals surface area contributed by atoms with Crippen molar-refractivity contribution in [3.8, 4) is 11.5 Å². The van der Waals surface area contributed by atoms with Gasteiger partial charge in [0.25, 0.3) is 0 Å². The largest absolute Gasteiger partial charge is 0.497 e. The van der Waals surface area contributed by atoms with E-state index in [1.165, 1.54) is 19.1 Å². The zero-order chi connectivity index (χ0) is 31.0. The Labute approximate surface area is 262 Å². The molecule has 1 fully saturated rings. The summed E-state index contributed by atoms with van der Waals surface area (Å²) in [6.45, 7) is -0.418. The molecule has 0 spiro atoms. The number of nitrogens with zero attached hydrogens (tertiary/aromatic N) is 2. The number of anilines is 1. The van der Waals surface area contributed by atoms with Crippen molar-refractivity contribution in [3.63, 3.8) is 0 Å². The summed E-state index contributed by atoms with van der Waals surface area (Å²) >= 11 is 3.45. The van der Waals surface area contributed by atoms with Gasteiger partial charge in [-0.2, -0.15) is 0 Å². The zero-order valence-corrected chi connectivity index (χ0v) is 27.1. The van der Waals surface area contributed by atoms with Crippen LogP contribution in [0, 0.1) is 0 Å². The standard InChI is InChI=1S/C32H38BrN3O6S/c1-41-27-17-18-28(30(20-27)42-2)36(43(3,39)40)22-31(37)35(21-24-13-15-25(33)16-14-24)29(19-23-9-5-4-6-10-23)32(38)34-26-11-7-8-12-26/h4-6,9-10,13-18,20,26,29H,7-8,11-12,19,21-22H2,1-3H3,(H,34,38)/t29-/m0/s1. The lowest BCUT2D eigenvalue weighted by atomic mass is 10.0. The number of nitrogens with one attached hydrogen (secondary N) is 1. The minimum Gasteiger partial charge on any atom is -0.497 e. The van der Waals surface area contributed by atoms with E-state index in [2.05, 4.69) is 21.2 Å². The van der Waals surface area contributed by atoms with Crippen LogP contribution >= 0.6 is 15.9 Å². The average molecular weight is 673 g/mol. The summed E-state index contributed by atoms with van der Waals surface area (Å²) in [5, 5.41) is 3.17. The molecule has 0 aliphatic heterocycles. The van der Waals surface area contributed by atoms with E-state index in [9.17, 15) is 18.0 Å². The van der Waals surface area contributed by atoms with Crippen LogP contribution in [0.15, 0.2) is 77.3 Å².